The fourth-order valence-electron chi connectivity index (χ4n) is 4.47. The van der Waals surface area contributed by atoms with E-state index in [0.717, 1.165) is 6.54 Å². The first-order valence-corrected chi connectivity index (χ1v) is 12.3. The zero-order valence-electron chi connectivity index (χ0n) is 18.0. The molecule has 1 aliphatic heterocycles. The van der Waals surface area contributed by atoms with Crippen LogP contribution in [0.3, 0.4) is 0 Å². The van der Waals surface area contributed by atoms with Crippen molar-refractivity contribution in [3.8, 4) is 5.75 Å². The lowest BCUT2D eigenvalue weighted by atomic mass is 9.69. The number of sulfonamides is 1. The topological polar surface area (TPSA) is 67.9 Å². The minimum atomic E-state index is -3.45. The number of nitrogens with zero attached hydrogens (tertiary/aromatic N) is 1. The van der Waals surface area contributed by atoms with Gasteiger partial charge >= 0.3 is 0 Å². The monoisotopic (exact) mass is 424 g/mol. The number of ether oxygens (including phenoxy) is 2. The van der Waals surface area contributed by atoms with Crippen molar-refractivity contribution >= 4 is 10.0 Å². The smallest absolute Gasteiger partial charge is 0.243 e. The van der Waals surface area contributed by atoms with Crippen LogP contribution in [0.1, 0.15) is 46.5 Å². The van der Waals surface area contributed by atoms with Crippen LogP contribution in [0, 0.1) is 11.3 Å². The minimum absolute atomic E-state index is 0.306. The van der Waals surface area contributed by atoms with Gasteiger partial charge < -0.3 is 14.8 Å². The van der Waals surface area contributed by atoms with Gasteiger partial charge in [-0.1, -0.05) is 33.6 Å². The van der Waals surface area contributed by atoms with Gasteiger partial charge in [0.2, 0.25) is 10.0 Å². The summed E-state index contributed by atoms with van der Waals surface area (Å²) in [5.74, 6) is 1.39. The fraction of sp³-hybridized carbons (Fsp3) is 0.727. The second kappa shape index (κ2) is 9.77. The van der Waals surface area contributed by atoms with E-state index in [9.17, 15) is 8.42 Å². The Kier molecular flexibility index (Phi) is 7.59. The molecule has 1 aliphatic carbocycles. The molecule has 7 heteroatoms. The van der Waals surface area contributed by atoms with Crippen molar-refractivity contribution in [3.05, 3.63) is 24.3 Å². The van der Waals surface area contributed by atoms with Crippen LogP contribution in [0.25, 0.3) is 0 Å². The van der Waals surface area contributed by atoms with Crippen LogP contribution in [0.5, 0.6) is 5.75 Å². The van der Waals surface area contributed by atoms with Gasteiger partial charge in [-0.15, -0.1) is 0 Å². The van der Waals surface area contributed by atoms with Gasteiger partial charge in [0.15, 0.2) is 0 Å². The van der Waals surface area contributed by atoms with Crippen LogP contribution < -0.4 is 10.1 Å². The van der Waals surface area contributed by atoms with E-state index in [2.05, 4.69) is 26.1 Å². The number of rotatable bonds is 7. The Hall–Kier alpha value is -1.15. The van der Waals surface area contributed by atoms with Gasteiger partial charge in [0, 0.05) is 25.7 Å². The summed E-state index contributed by atoms with van der Waals surface area (Å²) in [5.41, 5.74) is 0.320. The quantitative estimate of drug-likeness (QED) is 0.681. The van der Waals surface area contributed by atoms with Crippen LogP contribution in [-0.2, 0) is 14.8 Å². The van der Waals surface area contributed by atoms with Gasteiger partial charge in [-0.3, -0.25) is 0 Å². The Labute approximate surface area is 176 Å². The fourth-order valence-corrected chi connectivity index (χ4v) is 5.88. The minimum Gasteiger partial charge on any atom is -0.492 e. The molecule has 0 spiro atoms. The zero-order chi connectivity index (χ0) is 20.9. The van der Waals surface area contributed by atoms with Crippen LogP contribution in [0.2, 0.25) is 0 Å². The van der Waals surface area contributed by atoms with Gasteiger partial charge in [0.25, 0.3) is 0 Å². The molecule has 3 rings (SSSR count). The van der Waals surface area contributed by atoms with E-state index in [1.54, 1.807) is 24.3 Å². The predicted molar refractivity (Wildman–Crippen MR) is 115 cm³/mol. The number of benzene rings is 1. The molecule has 29 heavy (non-hydrogen) atoms. The third kappa shape index (κ3) is 5.94. The molecule has 0 radical (unpaired) electrons. The van der Waals surface area contributed by atoms with Crippen LogP contribution in [0.4, 0.5) is 0 Å². The van der Waals surface area contributed by atoms with E-state index in [-0.39, 0.29) is 0 Å². The molecular formula is C22H36N2O4S. The van der Waals surface area contributed by atoms with Crippen molar-refractivity contribution in [2.75, 3.05) is 39.5 Å². The number of hydrogen-bond donors (Lipinski definition) is 1. The van der Waals surface area contributed by atoms with E-state index in [4.69, 9.17) is 9.47 Å². The molecule has 0 bridgehead atoms. The molecule has 164 valence electrons. The second-order valence-corrected chi connectivity index (χ2v) is 11.1. The maximum Gasteiger partial charge on any atom is 0.243 e. The first-order chi connectivity index (χ1) is 13.8. The summed E-state index contributed by atoms with van der Waals surface area (Å²) in [7, 11) is -3.45. The summed E-state index contributed by atoms with van der Waals surface area (Å²) < 4.78 is 37.9. The maximum atomic E-state index is 12.7. The highest BCUT2D eigenvalue weighted by molar-refractivity contribution is 7.89. The molecule has 0 amide bonds. The lowest BCUT2D eigenvalue weighted by Gasteiger charge is -2.41. The standard InChI is InChI=1S/C22H36N2O4S/c1-22(2,3)20-6-4-5-7-21(20)23-12-15-28-18-8-10-19(11-9-18)29(25,26)24-13-16-27-17-14-24/h8-11,20-21,23H,4-7,12-17H2,1-3H3. The Morgan fingerprint density at radius 2 is 1.76 bits per heavy atom. The Bertz CT molecular complexity index is 737. The van der Waals surface area contributed by atoms with Crippen molar-refractivity contribution in [3.63, 3.8) is 0 Å². The summed E-state index contributed by atoms with van der Waals surface area (Å²) >= 11 is 0. The van der Waals surface area contributed by atoms with E-state index in [1.807, 2.05) is 0 Å². The highest BCUT2D eigenvalue weighted by Crippen LogP contribution is 2.37. The number of hydrogen-bond acceptors (Lipinski definition) is 5. The molecule has 1 saturated carbocycles. The van der Waals surface area contributed by atoms with Gasteiger partial charge in [-0.05, 0) is 48.4 Å². The first kappa shape index (κ1) is 22.5. The lowest BCUT2D eigenvalue weighted by Crippen LogP contribution is -2.45. The van der Waals surface area contributed by atoms with E-state index >= 15 is 0 Å². The van der Waals surface area contributed by atoms with Gasteiger partial charge in [0.05, 0.1) is 18.1 Å². The predicted octanol–water partition coefficient (Wildman–Crippen LogP) is 3.28. The molecule has 1 heterocycles. The van der Waals surface area contributed by atoms with Crippen molar-refractivity contribution in [2.45, 2.75) is 57.4 Å². The van der Waals surface area contributed by atoms with Gasteiger partial charge in [0.1, 0.15) is 12.4 Å². The molecule has 2 fully saturated rings. The second-order valence-electron chi connectivity index (χ2n) is 9.15. The summed E-state index contributed by atoms with van der Waals surface area (Å²) in [4.78, 5) is 0.306. The SMILES string of the molecule is CC(C)(C)C1CCCCC1NCCOc1ccc(S(=O)(=O)N2CCOCC2)cc1. The highest BCUT2D eigenvalue weighted by Gasteiger charge is 2.33. The third-order valence-electron chi connectivity index (χ3n) is 6.09. The van der Waals surface area contributed by atoms with Crippen molar-refractivity contribution < 1.29 is 17.9 Å². The van der Waals surface area contributed by atoms with Gasteiger partial charge in [-0.25, -0.2) is 8.42 Å². The molecule has 1 aromatic carbocycles. The molecule has 0 aromatic heterocycles. The lowest BCUT2D eigenvalue weighted by molar-refractivity contribution is 0.0730. The molecule has 2 atom stereocenters. The molecule has 1 aromatic rings. The highest BCUT2D eigenvalue weighted by atomic mass is 32.2. The first-order valence-electron chi connectivity index (χ1n) is 10.8. The Morgan fingerprint density at radius 3 is 2.41 bits per heavy atom. The molecule has 1 N–H and O–H groups in total. The molecule has 2 aliphatic rings. The van der Waals surface area contributed by atoms with E-state index in [0.29, 0.717) is 60.9 Å². The summed E-state index contributed by atoms with van der Waals surface area (Å²) in [6.45, 7) is 10.1. The van der Waals surface area contributed by atoms with Crippen molar-refractivity contribution in [1.82, 2.24) is 9.62 Å². The van der Waals surface area contributed by atoms with Crippen LogP contribution in [-0.4, -0.2) is 58.2 Å². The number of nitrogens with one attached hydrogen (secondary N) is 1. The normalized spacial score (nSPS) is 24.4. The van der Waals surface area contributed by atoms with E-state index < -0.39 is 10.0 Å². The summed E-state index contributed by atoms with van der Waals surface area (Å²) in [6.07, 6.45) is 5.15. The van der Waals surface area contributed by atoms with Crippen LogP contribution >= 0.6 is 0 Å². The maximum absolute atomic E-state index is 12.7. The Balaban J connectivity index is 1.48. The number of morpholine rings is 1. The third-order valence-corrected chi connectivity index (χ3v) is 8.00. The van der Waals surface area contributed by atoms with Gasteiger partial charge in [-0.2, -0.15) is 4.31 Å². The molecular weight excluding hydrogens is 388 g/mol. The summed E-state index contributed by atoms with van der Waals surface area (Å²) in [5, 5.41) is 3.69. The molecule has 6 nitrogen and oxygen atoms in total. The molecule has 2 unspecified atom stereocenters. The van der Waals surface area contributed by atoms with E-state index in [1.165, 1.54) is 30.0 Å². The average Bonchev–Trinajstić information content (AvgIpc) is 2.72. The van der Waals surface area contributed by atoms with Crippen molar-refractivity contribution in [2.24, 2.45) is 11.3 Å². The largest absolute Gasteiger partial charge is 0.492 e. The van der Waals surface area contributed by atoms with Crippen molar-refractivity contribution in [1.29, 1.82) is 0 Å². The average molecular weight is 425 g/mol. The Morgan fingerprint density at radius 1 is 1.10 bits per heavy atom. The van der Waals surface area contributed by atoms with Crippen LogP contribution in [0.15, 0.2) is 29.2 Å². The summed E-state index contributed by atoms with van der Waals surface area (Å²) in [6, 6.07) is 7.29. The molecule has 1 saturated heterocycles. The zero-order valence-corrected chi connectivity index (χ0v) is 18.8.